The van der Waals surface area contributed by atoms with Crippen LogP contribution in [0.1, 0.15) is 21.5 Å². The first-order chi connectivity index (χ1) is 17.4. The summed E-state index contributed by atoms with van der Waals surface area (Å²) in [6.07, 6.45) is 1.41. The molecule has 1 aromatic heterocycles. The van der Waals surface area contributed by atoms with E-state index in [4.69, 9.17) is 25.8 Å². The number of amides is 1. The highest BCUT2D eigenvalue weighted by atomic mass is 35.5. The smallest absolute Gasteiger partial charge is 0.240 e. The predicted molar refractivity (Wildman–Crippen MR) is 134 cm³/mol. The van der Waals surface area contributed by atoms with Crippen molar-refractivity contribution in [1.82, 2.24) is 9.88 Å². The van der Waals surface area contributed by atoms with Gasteiger partial charge in [-0.25, -0.2) is 0 Å². The van der Waals surface area contributed by atoms with Gasteiger partial charge in [0.2, 0.25) is 18.1 Å². The molecule has 0 unspecified atom stereocenters. The molecule has 0 saturated heterocycles. The van der Waals surface area contributed by atoms with Gasteiger partial charge in [-0.1, -0.05) is 23.7 Å². The van der Waals surface area contributed by atoms with Crippen LogP contribution >= 0.6 is 11.6 Å². The lowest BCUT2D eigenvalue weighted by Crippen LogP contribution is -2.29. The van der Waals surface area contributed by atoms with Crippen molar-refractivity contribution in [3.05, 3.63) is 98.8 Å². The maximum absolute atomic E-state index is 13.4. The third-order valence-electron chi connectivity index (χ3n) is 5.86. The molecule has 5 rings (SSSR count). The molecule has 0 fully saturated rings. The van der Waals surface area contributed by atoms with Crippen LogP contribution in [0, 0.1) is 0 Å². The van der Waals surface area contributed by atoms with Crippen molar-refractivity contribution in [2.45, 2.75) is 13.1 Å². The molecule has 9 heteroatoms. The summed E-state index contributed by atoms with van der Waals surface area (Å²) in [6.45, 7) is 0.190. The Hall–Kier alpha value is -4.30. The fourth-order valence-electron chi connectivity index (χ4n) is 4.02. The second-order valence-electron chi connectivity index (χ2n) is 8.19. The normalized spacial score (nSPS) is 11.9. The first-order valence-corrected chi connectivity index (χ1v) is 11.5. The Bertz CT molecular complexity index is 1540. The van der Waals surface area contributed by atoms with Crippen LogP contribution in [0.3, 0.4) is 0 Å². The average Bonchev–Trinajstić information content (AvgIpc) is 3.36. The van der Waals surface area contributed by atoms with Crippen molar-refractivity contribution in [3.8, 4) is 17.2 Å². The predicted octanol–water partition coefficient (Wildman–Crippen LogP) is 3.94. The van der Waals surface area contributed by atoms with Gasteiger partial charge in [0.05, 0.1) is 23.6 Å². The Kier molecular flexibility index (Phi) is 6.35. The number of carbonyl (C=O) groups excluding carboxylic acids is 2. The van der Waals surface area contributed by atoms with Crippen LogP contribution in [0.4, 0.5) is 0 Å². The molecule has 0 radical (unpaired) electrons. The van der Waals surface area contributed by atoms with Crippen molar-refractivity contribution in [1.29, 1.82) is 0 Å². The molecule has 182 valence electrons. The van der Waals surface area contributed by atoms with E-state index in [9.17, 15) is 14.4 Å². The first kappa shape index (κ1) is 23.4. The van der Waals surface area contributed by atoms with E-state index < -0.39 is 11.2 Å². The van der Waals surface area contributed by atoms with E-state index in [-0.39, 0.29) is 36.7 Å². The molecule has 36 heavy (non-hydrogen) atoms. The average molecular weight is 505 g/mol. The number of pyridine rings is 1. The van der Waals surface area contributed by atoms with Crippen LogP contribution in [0.25, 0.3) is 10.9 Å². The highest BCUT2D eigenvalue weighted by molar-refractivity contribution is 6.30. The molecule has 1 aliphatic heterocycles. The molecule has 4 aromatic rings. The molecule has 1 aliphatic rings. The van der Waals surface area contributed by atoms with Crippen LogP contribution in [0.5, 0.6) is 17.2 Å². The van der Waals surface area contributed by atoms with E-state index in [1.54, 1.807) is 48.1 Å². The summed E-state index contributed by atoms with van der Waals surface area (Å²) in [5.41, 5.74) is 1.11. The Morgan fingerprint density at radius 1 is 1.06 bits per heavy atom. The topological polar surface area (TPSA) is 95.9 Å². The molecule has 0 bridgehead atoms. The molecule has 1 amide bonds. The van der Waals surface area contributed by atoms with E-state index in [2.05, 4.69) is 5.32 Å². The van der Waals surface area contributed by atoms with Gasteiger partial charge in [0.25, 0.3) is 0 Å². The minimum atomic E-state index is -0.471. The van der Waals surface area contributed by atoms with Crippen molar-refractivity contribution < 1.29 is 23.8 Å². The number of ketones is 1. The number of carbonyl (C=O) groups is 2. The van der Waals surface area contributed by atoms with Gasteiger partial charge in [-0.2, -0.15) is 0 Å². The van der Waals surface area contributed by atoms with E-state index in [1.165, 1.54) is 6.20 Å². The Balaban J connectivity index is 1.50. The number of ether oxygens (including phenoxy) is 3. The number of hydrogen-bond donors (Lipinski definition) is 1. The van der Waals surface area contributed by atoms with Gasteiger partial charge in [0.15, 0.2) is 17.3 Å². The molecule has 3 aromatic carbocycles. The maximum atomic E-state index is 13.4. The summed E-state index contributed by atoms with van der Waals surface area (Å²) in [5, 5.41) is 3.59. The van der Waals surface area contributed by atoms with Crippen molar-refractivity contribution >= 4 is 34.2 Å². The van der Waals surface area contributed by atoms with Crippen molar-refractivity contribution in [2.24, 2.45) is 0 Å². The largest absolute Gasteiger partial charge is 0.497 e. The fraction of sp³-hybridized carbons (Fsp3) is 0.148. The molecule has 0 aliphatic carbocycles. The third kappa shape index (κ3) is 4.63. The zero-order valence-electron chi connectivity index (χ0n) is 19.2. The molecule has 8 nitrogen and oxygen atoms in total. The standard InChI is InChI=1S/C27H21ClN2O6/c1-34-19-4-2-3-16(9-19)12-29-25(31)14-30-13-21(26(32)17-5-7-18(28)8-6-17)27(33)20-10-23-24(11-22(20)30)36-15-35-23/h2-11,13H,12,14-15H2,1H3,(H,29,31). The number of halogens is 1. The minimum Gasteiger partial charge on any atom is -0.497 e. The molecule has 0 spiro atoms. The number of nitrogens with zero attached hydrogens (tertiary/aromatic N) is 1. The second kappa shape index (κ2) is 9.75. The Labute approximate surface area is 211 Å². The number of fused-ring (bicyclic) bond motifs is 2. The summed E-state index contributed by atoms with van der Waals surface area (Å²) in [6, 6.07) is 16.8. The Morgan fingerprint density at radius 3 is 2.56 bits per heavy atom. The second-order valence-corrected chi connectivity index (χ2v) is 8.62. The van der Waals surface area contributed by atoms with Gasteiger partial charge in [-0.3, -0.25) is 14.4 Å². The van der Waals surface area contributed by atoms with Crippen LogP contribution in [-0.2, 0) is 17.9 Å². The van der Waals surface area contributed by atoms with Gasteiger partial charge in [-0.05, 0) is 48.0 Å². The molecular weight excluding hydrogens is 484 g/mol. The lowest BCUT2D eigenvalue weighted by Gasteiger charge is -2.14. The molecular formula is C27H21ClN2O6. The summed E-state index contributed by atoms with van der Waals surface area (Å²) in [4.78, 5) is 39.5. The highest BCUT2D eigenvalue weighted by Crippen LogP contribution is 2.35. The minimum absolute atomic E-state index is 0.0252. The SMILES string of the molecule is COc1cccc(CNC(=O)Cn2cc(C(=O)c3ccc(Cl)cc3)c(=O)c3cc4c(cc32)OCO4)c1. The summed E-state index contributed by atoms with van der Waals surface area (Å²) in [7, 11) is 1.58. The van der Waals surface area contributed by atoms with Gasteiger partial charge in [-0.15, -0.1) is 0 Å². The van der Waals surface area contributed by atoms with Gasteiger partial charge in [0.1, 0.15) is 12.3 Å². The van der Waals surface area contributed by atoms with E-state index in [0.29, 0.717) is 33.4 Å². The quantitative estimate of drug-likeness (QED) is 0.383. The van der Waals surface area contributed by atoms with Gasteiger partial charge < -0.3 is 24.1 Å². The molecule has 1 N–H and O–H groups in total. The first-order valence-electron chi connectivity index (χ1n) is 11.1. The van der Waals surface area contributed by atoms with Crippen molar-refractivity contribution in [2.75, 3.05) is 13.9 Å². The van der Waals surface area contributed by atoms with E-state index in [0.717, 1.165) is 5.56 Å². The molecule has 2 heterocycles. The number of rotatable bonds is 7. The number of aromatic nitrogens is 1. The fourth-order valence-corrected chi connectivity index (χ4v) is 4.15. The van der Waals surface area contributed by atoms with Gasteiger partial charge in [0, 0.05) is 29.4 Å². The summed E-state index contributed by atoms with van der Waals surface area (Å²) in [5.74, 6) is 0.788. The van der Waals surface area contributed by atoms with Crippen LogP contribution in [0.15, 0.2) is 71.7 Å². The Morgan fingerprint density at radius 2 is 1.81 bits per heavy atom. The maximum Gasteiger partial charge on any atom is 0.240 e. The lowest BCUT2D eigenvalue weighted by atomic mass is 10.0. The van der Waals surface area contributed by atoms with Crippen molar-refractivity contribution in [3.63, 3.8) is 0 Å². The zero-order chi connectivity index (χ0) is 25.2. The van der Waals surface area contributed by atoms with E-state index >= 15 is 0 Å². The number of hydrogen-bond acceptors (Lipinski definition) is 6. The highest BCUT2D eigenvalue weighted by Gasteiger charge is 2.22. The van der Waals surface area contributed by atoms with Gasteiger partial charge >= 0.3 is 0 Å². The number of benzene rings is 3. The zero-order valence-corrected chi connectivity index (χ0v) is 20.0. The van der Waals surface area contributed by atoms with Crippen LogP contribution < -0.4 is 25.0 Å². The molecule has 0 atom stereocenters. The van der Waals surface area contributed by atoms with Crippen LogP contribution in [0.2, 0.25) is 5.02 Å². The van der Waals surface area contributed by atoms with Crippen LogP contribution in [-0.4, -0.2) is 30.2 Å². The van der Waals surface area contributed by atoms with E-state index in [1.807, 2.05) is 24.3 Å². The summed E-state index contributed by atoms with van der Waals surface area (Å²) >= 11 is 5.94. The summed E-state index contributed by atoms with van der Waals surface area (Å²) < 4.78 is 17.7. The third-order valence-corrected chi connectivity index (χ3v) is 6.12. The lowest BCUT2D eigenvalue weighted by molar-refractivity contribution is -0.121. The molecule has 0 saturated carbocycles. The number of methoxy groups -OCH3 is 1. The monoisotopic (exact) mass is 504 g/mol. The number of nitrogens with one attached hydrogen (secondary N) is 1.